The van der Waals surface area contributed by atoms with Gasteiger partial charge in [-0.2, -0.15) is 0 Å². The van der Waals surface area contributed by atoms with Gasteiger partial charge < -0.3 is 5.32 Å². The SMILES string of the molecule is CNC(Cc1cc(Br)ccc1F)Cc1cccc(F)c1F. The molecule has 0 aromatic heterocycles. The second-order valence-corrected chi connectivity index (χ2v) is 5.76. The van der Waals surface area contributed by atoms with E-state index in [0.29, 0.717) is 12.0 Å². The van der Waals surface area contributed by atoms with E-state index in [1.165, 1.54) is 12.1 Å². The lowest BCUT2D eigenvalue weighted by atomic mass is 9.98. The third kappa shape index (κ3) is 4.08. The van der Waals surface area contributed by atoms with E-state index in [4.69, 9.17) is 0 Å². The standard InChI is InChI=1S/C16H15BrF3N/c1-21-13(8-10-3-2-4-15(19)16(10)20)9-11-7-12(17)5-6-14(11)18/h2-7,13,21H,8-9H2,1H3. The summed E-state index contributed by atoms with van der Waals surface area (Å²) in [5.41, 5.74) is 0.810. The molecule has 0 saturated carbocycles. The minimum absolute atomic E-state index is 0.190. The van der Waals surface area contributed by atoms with E-state index < -0.39 is 11.6 Å². The Bertz CT molecular complexity index is 627. The molecule has 2 aromatic rings. The molecule has 1 atom stereocenters. The van der Waals surface area contributed by atoms with Crippen molar-refractivity contribution in [3.05, 3.63) is 69.4 Å². The van der Waals surface area contributed by atoms with Crippen molar-refractivity contribution in [2.24, 2.45) is 0 Å². The molecular weight excluding hydrogens is 343 g/mol. The average Bonchev–Trinajstić information content (AvgIpc) is 2.46. The summed E-state index contributed by atoms with van der Waals surface area (Å²) in [6.07, 6.45) is 0.670. The molecule has 0 amide bonds. The first kappa shape index (κ1) is 16.0. The molecule has 0 bridgehead atoms. The van der Waals surface area contributed by atoms with E-state index in [1.54, 1.807) is 25.2 Å². The smallest absolute Gasteiger partial charge is 0.162 e. The van der Waals surface area contributed by atoms with E-state index in [9.17, 15) is 13.2 Å². The molecule has 1 nitrogen and oxygen atoms in total. The van der Waals surface area contributed by atoms with Crippen LogP contribution in [0.4, 0.5) is 13.2 Å². The summed E-state index contributed by atoms with van der Waals surface area (Å²) in [6.45, 7) is 0. The predicted molar refractivity (Wildman–Crippen MR) is 80.7 cm³/mol. The van der Waals surface area contributed by atoms with Gasteiger partial charge in [0.2, 0.25) is 0 Å². The number of halogens is 4. The maximum Gasteiger partial charge on any atom is 0.162 e. The third-order valence-electron chi connectivity index (χ3n) is 3.38. The summed E-state index contributed by atoms with van der Waals surface area (Å²) in [6, 6.07) is 8.61. The number of likely N-dealkylation sites (N-methyl/N-ethyl adjacent to an activating group) is 1. The van der Waals surface area contributed by atoms with Gasteiger partial charge in [-0.15, -0.1) is 0 Å². The molecule has 0 radical (unpaired) electrons. The zero-order chi connectivity index (χ0) is 15.4. The minimum atomic E-state index is -0.865. The van der Waals surface area contributed by atoms with Gasteiger partial charge in [-0.25, -0.2) is 13.2 Å². The molecule has 0 aliphatic rings. The lowest BCUT2D eigenvalue weighted by Crippen LogP contribution is -2.30. The second-order valence-electron chi connectivity index (χ2n) is 4.84. The van der Waals surface area contributed by atoms with Gasteiger partial charge in [-0.3, -0.25) is 0 Å². The van der Waals surface area contributed by atoms with Crippen molar-refractivity contribution >= 4 is 15.9 Å². The van der Waals surface area contributed by atoms with Crippen LogP contribution in [0.25, 0.3) is 0 Å². The van der Waals surface area contributed by atoms with Crippen molar-refractivity contribution in [2.75, 3.05) is 7.05 Å². The molecule has 1 unspecified atom stereocenters. The molecule has 0 fully saturated rings. The molecule has 0 aliphatic heterocycles. The highest BCUT2D eigenvalue weighted by atomic mass is 79.9. The molecule has 2 aromatic carbocycles. The van der Waals surface area contributed by atoms with Gasteiger partial charge in [0.05, 0.1) is 0 Å². The van der Waals surface area contributed by atoms with Crippen molar-refractivity contribution in [3.63, 3.8) is 0 Å². The summed E-state index contributed by atoms with van der Waals surface area (Å²) in [5.74, 6) is -2.01. The van der Waals surface area contributed by atoms with Crippen molar-refractivity contribution in [2.45, 2.75) is 18.9 Å². The van der Waals surface area contributed by atoms with Gasteiger partial charge in [0.25, 0.3) is 0 Å². The van der Waals surface area contributed by atoms with Gasteiger partial charge in [0, 0.05) is 10.5 Å². The summed E-state index contributed by atoms with van der Waals surface area (Å²) in [4.78, 5) is 0. The lowest BCUT2D eigenvalue weighted by molar-refractivity contribution is 0.479. The van der Waals surface area contributed by atoms with Gasteiger partial charge in [-0.05, 0) is 55.3 Å². The van der Waals surface area contributed by atoms with Crippen LogP contribution >= 0.6 is 15.9 Å². The third-order valence-corrected chi connectivity index (χ3v) is 3.87. The highest BCUT2D eigenvalue weighted by Gasteiger charge is 2.15. The molecule has 1 N–H and O–H groups in total. The lowest BCUT2D eigenvalue weighted by Gasteiger charge is -2.17. The van der Waals surface area contributed by atoms with Gasteiger partial charge in [0.15, 0.2) is 11.6 Å². The summed E-state index contributed by atoms with van der Waals surface area (Å²) in [7, 11) is 1.72. The van der Waals surface area contributed by atoms with E-state index in [0.717, 1.165) is 10.5 Å². The quantitative estimate of drug-likeness (QED) is 0.843. The number of rotatable bonds is 5. The zero-order valence-corrected chi connectivity index (χ0v) is 13.1. The molecule has 0 heterocycles. The topological polar surface area (TPSA) is 12.0 Å². The summed E-state index contributed by atoms with van der Waals surface area (Å²) < 4.78 is 41.5. The van der Waals surface area contributed by atoms with E-state index in [2.05, 4.69) is 21.2 Å². The Hall–Kier alpha value is -1.33. The highest BCUT2D eigenvalue weighted by molar-refractivity contribution is 9.10. The fraction of sp³-hybridized carbons (Fsp3) is 0.250. The van der Waals surface area contributed by atoms with Crippen molar-refractivity contribution in [1.29, 1.82) is 0 Å². The van der Waals surface area contributed by atoms with E-state index >= 15 is 0 Å². The normalized spacial score (nSPS) is 12.4. The van der Waals surface area contributed by atoms with Gasteiger partial charge in [0.1, 0.15) is 5.82 Å². The summed E-state index contributed by atoms with van der Waals surface area (Å²) >= 11 is 3.30. The molecule has 0 spiro atoms. The van der Waals surface area contributed by atoms with Crippen LogP contribution in [0.15, 0.2) is 40.9 Å². The number of hydrogen-bond acceptors (Lipinski definition) is 1. The van der Waals surface area contributed by atoms with E-state index in [-0.39, 0.29) is 23.8 Å². The zero-order valence-electron chi connectivity index (χ0n) is 11.5. The Labute approximate surface area is 130 Å². The van der Waals surface area contributed by atoms with Crippen LogP contribution in [0.1, 0.15) is 11.1 Å². The monoisotopic (exact) mass is 357 g/mol. The van der Waals surface area contributed by atoms with Gasteiger partial charge >= 0.3 is 0 Å². The number of nitrogens with one attached hydrogen (secondary N) is 1. The highest BCUT2D eigenvalue weighted by Crippen LogP contribution is 2.19. The summed E-state index contributed by atoms with van der Waals surface area (Å²) in [5, 5.41) is 3.02. The number of hydrogen-bond donors (Lipinski definition) is 1. The first-order chi connectivity index (χ1) is 10.0. The van der Waals surface area contributed by atoms with Crippen LogP contribution in [0.2, 0.25) is 0 Å². The first-order valence-electron chi connectivity index (χ1n) is 6.55. The van der Waals surface area contributed by atoms with Gasteiger partial charge in [-0.1, -0.05) is 28.1 Å². The maximum atomic E-state index is 13.8. The van der Waals surface area contributed by atoms with Crippen LogP contribution in [0.5, 0.6) is 0 Å². The van der Waals surface area contributed by atoms with Crippen LogP contribution in [-0.4, -0.2) is 13.1 Å². The predicted octanol–water partition coefficient (Wildman–Crippen LogP) is 4.24. The molecule has 5 heteroatoms. The molecule has 21 heavy (non-hydrogen) atoms. The fourth-order valence-electron chi connectivity index (χ4n) is 2.21. The maximum absolute atomic E-state index is 13.8. The molecule has 112 valence electrons. The van der Waals surface area contributed by atoms with Crippen LogP contribution in [0.3, 0.4) is 0 Å². The fourth-order valence-corrected chi connectivity index (χ4v) is 2.62. The Balaban J connectivity index is 2.17. The van der Waals surface area contributed by atoms with Crippen LogP contribution in [-0.2, 0) is 12.8 Å². The molecule has 2 rings (SSSR count). The van der Waals surface area contributed by atoms with E-state index in [1.807, 2.05) is 0 Å². The largest absolute Gasteiger partial charge is 0.316 e. The van der Waals surface area contributed by atoms with Crippen molar-refractivity contribution in [1.82, 2.24) is 5.32 Å². The second kappa shape index (κ2) is 7.09. The Morgan fingerprint density at radius 1 is 1.00 bits per heavy atom. The average molecular weight is 358 g/mol. The van der Waals surface area contributed by atoms with Crippen LogP contribution < -0.4 is 5.32 Å². The Morgan fingerprint density at radius 2 is 1.71 bits per heavy atom. The Morgan fingerprint density at radius 3 is 2.43 bits per heavy atom. The van der Waals surface area contributed by atoms with Crippen molar-refractivity contribution < 1.29 is 13.2 Å². The molecule has 0 aliphatic carbocycles. The number of benzene rings is 2. The van der Waals surface area contributed by atoms with Crippen molar-refractivity contribution in [3.8, 4) is 0 Å². The molecule has 0 saturated heterocycles. The Kier molecular flexibility index (Phi) is 5.42. The first-order valence-corrected chi connectivity index (χ1v) is 7.34. The van der Waals surface area contributed by atoms with Crippen LogP contribution in [0, 0.1) is 17.5 Å². The minimum Gasteiger partial charge on any atom is -0.316 e. The molecular formula is C16H15BrF3N.